The molecule has 4 rings (SSSR count). The van der Waals surface area contributed by atoms with Crippen molar-refractivity contribution in [2.75, 3.05) is 10.6 Å². The lowest BCUT2D eigenvalue weighted by Crippen LogP contribution is -2.30. The third kappa shape index (κ3) is 9.48. The average Bonchev–Trinajstić information content (AvgIpc) is 2.99. The lowest BCUT2D eigenvalue weighted by Gasteiger charge is -2.16. The van der Waals surface area contributed by atoms with Crippen LogP contribution in [0.2, 0.25) is 10.0 Å². The second-order valence-electron chi connectivity index (χ2n) is 10.3. The van der Waals surface area contributed by atoms with E-state index in [-0.39, 0.29) is 11.6 Å². The number of hydrogen-bond donors (Lipinski definition) is 3. The molecule has 3 amide bonds. The van der Waals surface area contributed by atoms with Gasteiger partial charge in [0.2, 0.25) is 5.91 Å². The van der Waals surface area contributed by atoms with Gasteiger partial charge in [0.15, 0.2) is 0 Å². The fourth-order valence-electron chi connectivity index (χ4n) is 4.27. The first kappa shape index (κ1) is 32.9. The maximum atomic E-state index is 13.5. The molecule has 0 spiro atoms. The summed E-state index contributed by atoms with van der Waals surface area (Å²) in [5, 5.41) is 8.99. The highest BCUT2D eigenvalue weighted by atomic mass is 35.5. The molecule has 4 aromatic carbocycles. The van der Waals surface area contributed by atoms with Gasteiger partial charge >= 0.3 is 0 Å². The Balaban J connectivity index is 1.51. The Bertz CT molecular complexity index is 1640. The lowest BCUT2D eigenvalue weighted by molar-refractivity contribution is -0.116. The molecular formula is C35H33Cl2N3O3S. The van der Waals surface area contributed by atoms with Crippen LogP contribution in [-0.2, 0) is 9.59 Å². The summed E-state index contributed by atoms with van der Waals surface area (Å²) in [4.78, 5) is 40.4. The van der Waals surface area contributed by atoms with Gasteiger partial charge in [-0.3, -0.25) is 14.4 Å². The molecule has 3 N–H and O–H groups in total. The highest BCUT2D eigenvalue weighted by Gasteiger charge is 2.20. The average molecular weight is 647 g/mol. The van der Waals surface area contributed by atoms with Gasteiger partial charge in [0.25, 0.3) is 11.8 Å². The van der Waals surface area contributed by atoms with Gasteiger partial charge in [-0.2, -0.15) is 0 Å². The molecule has 226 valence electrons. The maximum Gasteiger partial charge on any atom is 0.272 e. The Morgan fingerprint density at radius 2 is 1.48 bits per heavy atom. The Hall–Kier alpha value is -4.04. The van der Waals surface area contributed by atoms with Gasteiger partial charge < -0.3 is 16.0 Å². The van der Waals surface area contributed by atoms with Gasteiger partial charge in [-0.1, -0.05) is 92.5 Å². The van der Waals surface area contributed by atoms with Crippen LogP contribution in [0.15, 0.2) is 108 Å². The van der Waals surface area contributed by atoms with Crippen LogP contribution < -0.4 is 16.0 Å². The van der Waals surface area contributed by atoms with Crippen LogP contribution in [0.25, 0.3) is 6.08 Å². The van der Waals surface area contributed by atoms with E-state index in [0.29, 0.717) is 39.3 Å². The molecule has 1 atom stereocenters. The summed E-state index contributed by atoms with van der Waals surface area (Å²) < 4.78 is 0. The number of carbonyl (C=O) groups is 3. The molecule has 0 fully saturated rings. The Labute approximate surface area is 272 Å². The van der Waals surface area contributed by atoms with Crippen molar-refractivity contribution in [2.24, 2.45) is 0 Å². The van der Waals surface area contributed by atoms with Gasteiger partial charge in [0.1, 0.15) is 5.70 Å². The van der Waals surface area contributed by atoms with Crippen molar-refractivity contribution in [1.29, 1.82) is 0 Å². The second kappa shape index (κ2) is 15.6. The predicted octanol–water partition coefficient (Wildman–Crippen LogP) is 9.04. The van der Waals surface area contributed by atoms with E-state index in [2.05, 4.69) is 29.8 Å². The van der Waals surface area contributed by atoms with E-state index in [4.69, 9.17) is 23.2 Å². The molecule has 0 aromatic heterocycles. The number of carbonyl (C=O) groups excluding carboxylic acids is 3. The molecule has 44 heavy (non-hydrogen) atoms. The quantitative estimate of drug-likeness (QED) is 0.112. The van der Waals surface area contributed by atoms with Crippen LogP contribution in [0.3, 0.4) is 0 Å². The van der Waals surface area contributed by atoms with Gasteiger partial charge in [-0.05, 0) is 78.1 Å². The molecule has 0 radical (unpaired) electrons. The number of thioether (sulfide) groups is 1. The van der Waals surface area contributed by atoms with Crippen molar-refractivity contribution in [3.05, 3.63) is 129 Å². The number of rotatable bonds is 11. The molecule has 6 nitrogen and oxygen atoms in total. The number of nitrogens with one attached hydrogen (secondary N) is 3. The molecule has 0 aliphatic heterocycles. The summed E-state index contributed by atoms with van der Waals surface area (Å²) in [6.45, 7) is 6.15. The first-order valence-electron chi connectivity index (χ1n) is 14.1. The van der Waals surface area contributed by atoms with Crippen LogP contribution >= 0.6 is 35.0 Å². The minimum atomic E-state index is -0.480. The Kier molecular flexibility index (Phi) is 11.7. The van der Waals surface area contributed by atoms with Gasteiger partial charge in [-0.15, -0.1) is 11.8 Å². The van der Waals surface area contributed by atoms with Crippen molar-refractivity contribution >= 4 is 70.1 Å². The van der Waals surface area contributed by atoms with Crippen molar-refractivity contribution in [2.45, 2.75) is 43.3 Å². The normalized spacial score (nSPS) is 12.0. The predicted molar refractivity (Wildman–Crippen MR) is 183 cm³/mol. The zero-order chi connectivity index (χ0) is 31.6. The standard InChI is InChI=1S/C35H33Cl2N3O3S/c1-4-32(35(43)39-29-19-26(36)18-27(37)20-29)44-30-12-8-11-28(21-30)38-34(42)31(40-33(41)25-9-6-5-7-10-25)17-23-13-15-24(16-14-23)22(2)3/h5-22,32H,4H2,1-3H3,(H,38,42)(H,39,43)(H,40,41)/b31-17+. The van der Waals surface area contributed by atoms with E-state index in [1.54, 1.807) is 66.7 Å². The zero-order valence-electron chi connectivity index (χ0n) is 24.6. The summed E-state index contributed by atoms with van der Waals surface area (Å²) >= 11 is 13.5. The van der Waals surface area contributed by atoms with Crippen LogP contribution in [0.4, 0.5) is 11.4 Å². The molecule has 1 unspecified atom stereocenters. The molecule has 4 aromatic rings. The smallest absolute Gasteiger partial charge is 0.272 e. The fourth-order valence-corrected chi connectivity index (χ4v) is 5.81. The molecule has 9 heteroatoms. The van der Waals surface area contributed by atoms with Gasteiger partial charge in [0, 0.05) is 31.9 Å². The van der Waals surface area contributed by atoms with E-state index < -0.39 is 17.1 Å². The minimum absolute atomic E-state index is 0.0974. The zero-order valence-corrected chi connectivity index (χ0v) is 26.9. The molecule has 0 aliphatic rings. The van der Waals surface area contributed by atoms with E-state index >= 15 is 0 Å². The SMILES string of the molecule is CCC(Sc1cccc(NC(=O)/C(=C\c2ccc(C(C)C)cc2)NC(=O)c2ccccc2)c1)C(=O)Nc1cc(Cl)cc(Cl)c1. The summed E-state index contributed by atoms with van der Waals surface area (Å²) in [7, 11) is 0. The van der Waals surface area contributed by atoms with Crippen molar-refractivity contribution in [3.63, 3.8) is 0 Å². The number of hydrogen-bond acceptors (Lipinski definition) is 4. The monoisotopic (exact) mass is 645 g/mol. The molecule has 0 heterocycles. The highest BCUT2D eigenvalue weighted by Crippen LogP contribution is 2.30. The van der Waals surface area contributed by atoms with Crippen LogP contribution in [0, 0.1) is 0 Å². The van der Waals surface area contributed by atoms with Crippen molar-refractivity contribution < 1.29 is 14.4 Å². The van der Waals surface area contributed by atoms with E-state index in [0.717, 1.165) is 10.5 Å². The van der Waals surface area contributed by atoms with E-state index in [1.165, 1.54) is 17.3 Å². The third-order valence-corrected chi connectivity index (χ3v) is 8.40. The molecule has 0 saturated carbocycles. The number of benzene rings is 4. The van der Waals surface area contributed by atoms with Crippen LogP contribution in [0.1, 0.15) is 54.6 Å². The van der Waals surface area contributed by atoms with E-state index in [1.807, 2.05) is 43.3 Å². The summed E-state index contributed by atoms with van der Waals surface area (Å²) in [5.74, 6) is -0.699. The largest absolute Gasteiger partial charge is 0.325 e. The Morgan fingerprint density at radius 3 is 2.11 bits per heavy atom. The molecule has 0 bridgehead atoms. The molecule has 0 saturated heterocycles. The highest BCUT2D eigenvalue weighted by molar-refractivity contribution is 8.00. The second-order valence-corrected chi connectivity index (χ2v) is 12.5. The molecule has 0 aliphatic carbocycles. The van der Waals surface area contributed by atoms with Crippen molar-refractivity contribution in [1.82, 2.24) is 5.32 Å². The Morgan fingerprint density at radius 1 is 0.795 bits per heavy atom. The number of amides is 3. The topological polar surface area (TPSA) is 87.3 Å². The number of anilines is 2. The summed E-state index contributed by atoms with van der Waals surface area (Å²) in [6.07, 6.45) is 2.22. The fraction of sp³-hybridized carbons (Fsp3) is 0.171. The third-order valence-electron chi connectivity index (χ3n) is 6.61. The van der Waals surface area contributed by atoms with Crippen LogP contribution in [0.5, 0.6) is 0 Å². The van der Waals surface area contributed by atoms with Crippen molar-refractivity contribution in [3.8, 4) is 0 Å². The molecular weight excluding hydrogens is 613 g/mol. The first-order valence-corrected chi connectivity index (χ1v) is 15.8. The number of halogens is 2. The summed E-state index contributed by atoms with van der Waals surface area (Å²) in [6, 6.07) is 28.7. The van der Waals surface area contributed by atoms with Gasteiger partial charge in [-0.25, -0.2) is 0 Å². The van der Waals surface area contributed by atoms with E-state index in [9.17, 15) is 14.4 Å². The van der Waals surface area contributed by atoms with Crippen LogP contribution in [-0.4, -0.2) is 23.0 Å². The van der Waals surface area contributed by atoms with Gasteiger partial charge in [0.05, 0.1) is 5.25 Å². The first-order chi connectivity index (χ1) is 21.1. The lowest BCUT2D eigenvalue weighted by atomic mass is 10.0. The minimum Gasteiger partial charge on any atom is -0.325 e. The maximum absolute atomic E-state index is 13.5. The summed E-state index contributed by atoms with van der Waals surface area (Å²) in [5.41, 5.74) is 3.51.